The molecule has 6 heteroatoms. The molecule has 0 unspecified atom stereocenters. The van der Waals surface area contributed by atoms with Crippen molar-refractivity contribution in [1.82, 2.24) is 9.97 Å². The summed E-state index contributed by atoms with van der Waals surface area (Å²) in [6.07, 6.45) is 1.61. The molecule has 0 atom stereocenters. The smallest absolute Gasteiger partial charge is 0.227 e. The third kappa shape index (κ3) is 3.70. The van der Waals surface area contributed by atoms with Gasteiger partial charge in [0.05, 0.1) is 6.61 Å². The normalized spacial score (nSPS) is 10.2. The van der Waals surface area contributed by atoms with Crippen LogP contribution in [0, 0.1) is 0 Å². The molecule has 1 aromatic heterocycles. The molecule has 0 saturated heterocycles. The SMILES string of the molecule is COCc1cccc(Nc2nccc(C(N)=S)n2)c1. The predicted molar refractivity (Wildman–Crippen MR) is 78.4 cm³/mol. The standard InChI is InChI=1S/C13H14N4OS/c1-18-8-9-3-2-4-10(7-9)16-13-15-6-5-11(17-13)12(14)19/h2-7H,8H2,1H3,(H2,14,19)(H,15,16,17). The second-order valence-electron chi connectivity index (χ2n) is 3.89. The maximum atomic E-state index is 5.54. The van der Waals surface area contributed by atoms with Crippen LogP contribution < -0.4 is 11.1 Å². The third-order valence-electron chi connectivity index (χ3n) is 2.40. The number of nitrogens with one attached hydrogen (secondary N) is 1. The summed E-state index contributed by atoms with van der Waals surface area (Å²) >= 11 is 4.88. The number of nitrogens with two attached hydrogens (primary N) is 1. The summed E-state index contributed by atoms with van der Waals surface area (Å²) in [6.45, 7) is 0.559. The molecular formula is C13H14N4OS. The molecule has 3 N–H and O–H groups in total. The summed E-state index contributed by atoms with van der Waals surface area (Å²) in [5.41, 5.74) is 8.03. The van der Waals surface area contributed by atoms with Crippen LogP contribution >= 0.6 is 12.2 Å². The van der Waals surface area contributed by atoms with Crippen LogP contribution in [-0.4, -0.2) is 22.1 Å². The van der Waals surface area contributed by atoms with Crippen molar-refractivity contribution in [2.45, 2.75) is 6.61 Å². The highest BCUT2D eigenvalue weighted by molar-refractivity contribution is 7.80. The first-order valence-corrected chi connectivity index (χ1v) is 6.07. The lowest BCUT2D eigenvalue weighted by Gasteiger charge is -2.07. The molecule has 0 fully saturated rings. The highest BCUT2D eigenvalue weighted by Crippen LogP contribution is 2.15. The number of methoxy groups -OCH3 is 1. The number of benzene rings is 1. The lowest BCUT2D eigenvalue weighted by Crippen LogP contribution is -2.12. The zero-order valence-corrected chi connectivity index (χ0v) is 11.3. The second-order valence-corrected chi connectivity index (χ2v) is 4.33. The highest BCUT2D eigenvalue weighted by atomic mass is 32.1. The molecule has 0 amide bonds. The first-order chi connectivity index (χ1) is 9.19. The molecule has 2 aromatic rings. The van der Waals surface area contributed by atoms with Gasteiger partial charge in [0.25, 0.3) is 0 Å². The summed E-state index contributed by atoms with van der Waals surface area (Å²) in [5, 5.41) is 3.11. The number of nitrogens with zero attached hydrogens (tertiary/aromatic N) is 2. The molecule has 98 valence electrons. The molecule has 5 nitrogen and oxygen atoms in total. The van der Waals surface area contributed by atoms with Crippen LogP contribution in [0.25, 0.3) is 0 Å². The molecule has 0 saturated carbocycles. The number of aromatic nitrogens is 2. The van der Waals surface area contributed by atoms with Crippen LogP contribution in [0.3, 0.4) is 0 Å². The highest BCUT2D eigenvalue weighted by Gasteiger charge is 2.02. The largest absolute Gasteiger partial charge is 0.388 e. The van der Waals surface area contributed by atoms with Crippen molar-refractivity contribution in [3.8, 4) is 0 Å². The van der Waals surface area contributed by atoms with Crippen molar-refractivity contribution in [2.24, 2.45) is 5.73 Å². The molecule has 0 spiro atoms. The van der Waals surface area contributed by atoms with Gasteiger partial charge in [-0.05, 0) is 23.8 Å². The van der Waals surface area contributed by atoms with E-state index in [9.17, 15) is 0 Å². The Labute approximate surface area is 116 Å². The monoisotopic (exact) mass is 274 g/mol. The van der Waals surface area contributed by atoms with E-state index in [-0.39, 0.29) is 4.99 Å². The van der Waals surface area contributed by atoms with Crippen molar-refractivity contribution in [2.75, 3.05) is 12.4 Å². The maximum Gasteiger partial charge on any atom is 0.227 e. The van der Waals surface area contributed by atoms with Crippen molar-refractivity contribution >= 4 is 28.8 Å². The van der Waals surface area contributed by atoms with E-state index in [1.165, 1.54) is 0 Å². The molecule has 0 aliphatic rings. The van der Waals surface area contributed by atoms with Gasteiger partial charge in [-0.25, -0.2) is 9.97 Å². The minimum atomic E-state index is 0.249. The average Bonchev–Trinajstić information content (AvgIpc) is 2.40. The average molecular weight is 274 g/mol. The maximum absolute atomic E-state index is 5.54. The van der Waals surface area contributed by atoms with Crippen molar-refractivity contribution in [3.63, 3.8) is 0 Å². The van der Waals surface area contributed by atoms with Gasteiger partial charge in [-0.2, -0.15) is 0 Å². The molecule has 0 aliphatic carbocycles. The molecule has 0 bridgehead atoms. The second kappa shape index (κ2) is 6.21. The topological polar surface area (TPSA) is 73.1 Å². The van der Waals surface area contributed by atoms with Gasteiger partial charge < -0.3 is 15.8 Å². The number of hydrogen-bond donors (Lipinski definition) is 2. The van der Waals surface area contributed by atoms with E-state index in [2.05, 4.69) is 15.3 Å². The lowest BCUT2D eigenvalue weighted by atomic mass is 10.2. The Morgan fingerprint density at radius 3 is 3.00 bits per heavy atom. The fourth-order valence-corrected chi connectivity index (χ4v) is 1.70. The third-order valence-corrected chi connectivity index (χ3v) is 2.61. The summed E-state index contributed by atoms with van der Waals surface area (Å²) in [4.78, 5) is 8.60. The van der Waals surface area contributed by atoms with Crippen LogP contribution in [0.5, 0.6) is 0 Å². The van der Waals surface area contributed by atoms with E-state index < -0.39 is 0 Å². The van der Waals surface area contributed by atoms with Gasteiger partial charge in [0, 0.05) is 19.0 Å². The Kier molecular flexibility index (Phi) is 4.38. The van der Waals surface area contributed by atoms with E-state index in [0.29, 0.717) is 18.2 Å². The fourth-order valence-electron chi connectivity index (χ4n) is 1.59. The van der Waals surface area contributed by atoms with Gasteiger partial charge in [0.1, 0.15) is 10.7 Å². The van der Waals surface area contributed by atoms with Crippen molar-refractivity contribution in [1.29, 1.82) is 0 Å². The Balaban J connectivity index is 2.18. The first kappa shape index (κ1) is 13.4. The molecule has 0 aliphatic heterocycles. The molecule has 2 rings (SSSR count). The quantitative estimate of drug-likeness (QED) is 0.812. The van der Waals surface area contributed by atoms with Crippen LogP contribution in [0.1, 0.15) is 11.3 Å². The number of thiocarbonyl (C=S) groups is 1. The summed E-state index contributed by atoms with van der Waals surface area (Å²) in [7, 11) is 1.66. The van der Waals surface area contributed by atoms with Crippen LogP contribution in [-0.2, 0) is 11.3 Å². The van der Waals surface area contributed by atoms with Gasteiger partial charge in [0.2, 0.25) is 5.95 Å². The van der Waals surface area contributed by atoms with Crippen LogP contribution in [0.2, 0.25) is 0 Å². The van der Waals surface area contributed by atoms with Gasteiger partial charge in [-0.3, -0.25) is 0 Å². The number of ether oxygens (including phenoxy) is 1. The predicted octanol–water partition coefficient (Wildman–Crippen LogP) is 2.00. The fraction of sp³-hybridized carbons (Fsp3) is 0.154. The van der Waals surface area contributed by atoms with E-state index >= 15 is 0 Å². The first-order valence-electron chi connectivity index (χ1n) is 5.67. The van der Waals surface area contributed by atoms with Crippen LogP contribution in [0.15, 0.2) is 36.5 Å². The number of hydrogen-bond acceptors (Lipinski definition) is 5. The minimum Gasteiger partial charge on any atom is -0.388 e. The van der Waals surface area contributed by atoms with E-state index in [4.69, 9.17) is 22.7 Å². The van der Waals surface area contributed by atoms with Gasteiger partial charge in [0.15, 0.2) is 0 Å². The van der Waals surface area contributed by atoms with Gasteiger partial charge in [-0.1, -0.05) is 24.4 Å². The van der Waals surface area contributed by atoms with Gasteiger partial charge >= 0.3 is 0 Å². The summed E-state index contributed by atoms with van der Waals surface area (Å²) in [6, 6.07) is 9.50. The zero-order chi connectivity index (χ0) is 13.7. The number of anilines is 2. The Morgan fingerprint density at radius 2 is 2.26 bits per heavy atom. The Hall–Kier alpha value is -2.05. The number of rotatable bonds is 5. The zero-order valence-electron chi connectivity index (χ0n) is 10.5. The van der Waals surface area contributed by atoms with Crippen molar-refractivity contribution in [3.05, 3.63) is 47.8 Å². The molecular weight excluding hydrogens is 260 g/mol. The minimum absolute atomic E-state index is 0.249. The van der Waals surface area contributed by atoms with E-state index in [0.717, 1.165) is 11.3 Å². The Bertz CT molecular complexity index is 588. The molecule has 1 heterocycles. The molecule has 19 heavy (non-hydrogen) atoms. The van der Waals surface area contributed by atoms with E-state index in [1.54, 1.807) is 19.4 Å². The summed E-state index contributed by atoms with van der Waals surface area (Å²) < 4.78 is 5.09. The van der Waals surface area contributed by atoms with Crippen molar-refractivity contribution < 1.29 is 4.74 Å². The Morgan fingerprint density at radius 1 is 1.42 bits per heavy atom. The molecule has 0 radical (unpaired) electrons. The van der Waals surface area contributed by atoms with Crippen LogP contribution in [0.4, 0.5) is 11.6 Å². The van der Waals surface area contributed by atoms with Gasteiger partial charge in [-0.15, -0.1) is 0 Å². The molecule has 1 aromatic carbocycles. The summed E-state index contributed by atoms with van der Waals surface area (Å²) in [5.74, 6) is 0.458. The van der Waals surface area contributed by atoms with E-state index in [1.807, 2.05) is 24.3 Å². The lowest BCUT2D eigenvalue weighted by molar-refractivity contribution is 0.185.